The van der Waals surface area contributed by atoms with Crippen LogP contribution in [0.3, 0.4) is 0 Å². The van der Waals surface area contributed by atoms with E-state index >= 15 is 0 Å². The Balaban J connectivity index is 1.88. The molecule has 0 unspecified atom stereocenters. The van der Waals surface area contributed by atoms with Gasteiger partial charge in [-0.25, -0.2) is 8.42 Å². The number of carbonyl (C=O) groups excluding carboxylic acids is 1. The molecular formula is C18H23N3O4S. The summed E-state index contributed by atoms with van der Waals surface area (Å²) in [5.41, 5.74) is 1.32. The Morgan fingerprint density at radius 3 is 2.50 bits per heavy atom. The summed E-state index contributed by atoms with van der Waals surface area (Å²) >= 11 is 0. The summed E-state index contributed by atoms with van der Waals surface area (Å²) in [5, 5.41) is 2.78. The molecule has 26 heavy (non-hydrogen) atoms. The van der Waals surface area contributed by atoms with E-state index in [0.29, 0.717) is 24.4 Å². The van der Waals surface area contributed by atoms with Gasteiger partial charge >= 0.3 is 0 Å². The van der Waals surface area contributed by atoms with E-state index < -0.39 is 10.0 Å². The number of hydrogen-bond donors (Lipinski definition) is 1. The average Bonchev–Trinajstić information content (AvgIpc) is 2.63. The van der Waals surface area contributed by atoms with E-state index in [9.17, 15) is 13.2 Å². The van der Waals surface area contributed by atoms with Crippen LogP contribution >= 0.6 is 0 Å². The van der Waals surface area contributed by atoms with Gasteiger partial charge in [-0.3, -0.25) is 14.1 Å². The van der Waals surface area contributed by atoms with Crippen molar-refractivity contribution in [3.05, 3.63) is 54.4 Å². The van der Waals surface area contributed by atoms with E-state index in [1.54, 1.807) is 37.6 Å². The molecule has 1 N–H and O–H groups in total. The molecule has 0 fully saturated rings. The Kier molecular flexibility index (Phi) is 6.97. The van der Waals surface area contributed by atoms with Crippen LogP contribution in [0.2, 0.25) is 0 Å². The van der Waals surface area contributed by atoms with Crippen LogP contribution < -0.4 is 14.4 Å². The predicted molar refractivity (Wildman–Crippen MR) is 101 cm³/mol. The van der Waals surface area contributed by atoms with Crippen molar-refractivity contribution in [2.75, 3.05) is 24.2 Å². The normalized spacial score (nSPS) is 11.0. The maximum Gasteiger partial charge on any atom is 0.232 e. The van der Waals surface area contributed by atoms with Crippen molar-refractivity contribution in [3.63, 3.8) is 0 Å². The average molecular weight is 377 g/mol. The third-order valence-corrected chi connectivity index (χ3v) is 4.91. The van der Waals surface area contributed by atoms with E-state index in [-0.39, 0.29) is 18.9 Å². The molecule has 2 rings (SSSR count). The standard InChI is InChI=1S/C18H23N3O4S/c1-25-17-10-8-16(9-11-17)21(26(2,23)24)13-5-7-18(22)20-14-15-6-3-4-12-19-15/h3-4,6,8-12H,5,7,13-14H2,1-2H3,(H,20,22). The summed E-state index contributed by atoms with van der Waals surface area (Å²) in [5.74, 6) is 0.509. The molecule has 1 aromatic heterocycles. The van der Waals surface area contributed by atoms with Gasteiger partial charge in [0.05, 0.1) is 31.3 Å². The zero-order chi connectivity index (χ0) is 19.0. The number of ether oxygens (including phenoxy) is 1. The Morgan fingerprint density at radius 2 is 1.92 bits per heavy atom. The highest BCUT2D eigenvalue weighted by atomic mass is 32.2. The largest absolute Gasteiger partial charge is 0.497 e. The predicted octanol–water partition coefficient (Wildman–Crippen LogP) is 1.95. The number of pyridine rings is 1. The van der Waals surface area contributed by atoms with Crippen LogP contribution in [0.4, 0.5) is 5.69 Å². The topological polar surface area (TPSA) is 88.6 Å². The highest BCUT2D eigenvalue weighted by molar-refractivity contribution is 7.92. The number of aromatic nitrogens is 1. The maximum atomic E-state index is 12.1. The minimum Gasteiger partial charge on any atom is -0.497 e. The van der Waals surface area contributed by atoms with Crippen LogP contribution in [0, 0.1) is 0 Å². The van der Waals surface area contributed by atoms with Crippen molar-refractivity contribution in [3.8, 4) is 5.75 Å². The van der Waals surface area contributed by atoms with Crippen LogP contribution in [0.15, 0.2) is 48.7 Å². The smallest absolute Gasteiger partial charge is 0.232 e. The molecular weight excluding hydrogens is 354 g/mol. The number of amides is 1. The summed E-state index contributed by atoms with van der Waals surface area (Å²) in [7, 11) is -1.89. The van der Waals surface area contributed by atoms with Gasteiger partial charge in [0, 0.05) is 19.2 Å². The lowest BCUT2D eigenvalue weighted by atomic mass is 10.2. The van der Waals surface area contributed by atoms with Crippen LogP contribution in [-0.2, 0) is 21.4 Å². The second kappa shape index (κ2) is 9.19. The van der Waals surface area contributed by atoms with E-state index in [4.69, 9.17) is 4.74 Å². The van der Waals surface area contributed by atoms with Gasteiger partial charge in [0.1, 0.15) is 5.75 Å². The fourth-order valence-electron chi connectivity index (χ4n) is 2.40. The number of hydrogen-bond acceptors (Lipinski definition) is 5. The minimum absolute atomic E-state index is 0.140. The number of anilines is 1. The van der Waals surface area contributed by atoms with Crippen LogP contribution in [0.25, 0.3) is 0 Å². The van der Waals surface area contributed by atoms with Crippen molar-refractivity contribution >= 4 is 21.6 Å². The molecule has 0 aliphatic rings. The lowest BCUT2D eigenvalue weighted by Crippen LogP contribution is -2.32. The minimum atomic E-state index is -3.44. The molecule has 140 valence electrons. The second-order valence-corrected chi connectivity index (χ2v) is 7.64. The number of rotatable bonds is 9. The fraction of sp³-hybridized carbons (Fsp3) is 0.333. The molecule has 0 saturated carbocycles. The van der Waals surface area contributed by atoms with Crippen LogP contribution in [0.1, 0.15) is 18.5 Å². The Morgan fingerprint density at radius 1 is 1.19 bits per heavy atom. The molecule has 1 amide bonds. The number of benzene rings is 1. The molecule has 7 nitrogen and oxygen atoms in total. The van der Waals surface area contributed by atoms with E-state index in [1.807, 2.05) is 18.2 Å². The zero-order valence-electron chi connectivity index (χ0n) is 14.9. The Labute approximate surface area is 154 Å². The Hall–Kier alpha value is -2.61. The monoisotopic (exact) mass is 377 g/mol. The lowest BCUT2D eigenvalue weighted by molar-refractivity contribution is -0.121. The third-order valence-electron chi connectivity index (χ3n) is 3.72. The molecule has 2 aromatic rings. The zero-order valence-corrected chi connectivity index (χ0v) is 15.7. The van der Waals surface area contributed by atoms with Crippen LogP contribution in [0.5, 0.6) is 5.75 Å². The van der Waals surface area contributed by atoms with Gasteiger partial charge in [0.25, 0.3) is 0 Å². The van der Waals surface area contributed by atoms with Crippen molar-refractivity contribution < 1.29 is 17.9 Å². The number of carbonyl (C=O) groups is 1. The fourth-order valence-corrected chi connectivity index (χ4v) is 3.36. The SMILES string of the molecule is COc1ccc(N(CCCC(=O)NCc2ccccn2)S(C)(=O)=O)cc1. The number of sulfonamides is 1. The summed E-state index contributed by atoms with van der Waals surface area (Å²) in [6.07, 6.45) is 3.46. The van der Waals surface area contributed by atoms with Gasteiger partial charge < -0.3 is 10.1 Å². The summed E-state index contributed by atoms with van der Waals surface area (Å²) < 4.78 is 30.5. The van der Waals surface area contributed by atoms with Crippen molar-refractivity contribution in [2.24, 2.45) is 0 Å². The summed E-state index contributed by atoms with van der Waals surface area (Å²) in [6, 6.07) is 12.3. The van der Waals surface area contributed by atoms with Crippen LogP contribution in [-0.4, -0.2) is 39.2 Å². The molecule has 1 aromatic carbocycles. The van der Waals surface area contributed by atoms with Gasteiger partial charge in [-0.2, -0.15) is 0 Å². The van der Waals surface area contributed by atoms with E-state index in [2.05, 4.69) is 10.3 Å². The molecule has 0 bridgehead atoms. The van der Waals surface area contributed by atoms with E-state index in [0.717, 1.165) is 11.9 Å². The first-order chi connectivity index (χ1) is 12.4. The molecule has 8 heteroatoms. The van der Waals surface area contributed by atoms with Crippen molar-refractivity contribution in [2.45, 2.75) is 19.4 Å². The first-order valence-electron chi connectivity index (χ1n) is 8.18. The molecule has 0 radical (unpaired) electrons. The maximum absolute atomic E-state index is 12.1. The van der Waals surface area contributed by atoms with Gasteiger partial charge in [-0.15, -0.1) is 0 Å². The summed E-state index contributed by atoms with van der Waals surface area (Å²) in [4.78, 5) is 16.1. The number of methoxy groups -OCH3 is 1. The first kappa shape index (κ1) is 19.7. The second-order valence-electron chi connectivity index (χ2n) is 5.73. The molecule has 0 saturated heterocycles. The molecule has 0 spiro atoms. The molecule has 0 atom stereocenters. The molecule has 0 aliphatic heterocycles. The highest BCUT2D eigenvalue weighted by Gasteiger charge is 2.17. The molecule has 0 aliphatic carbocycles. The van der Waals surface area contributed by atoms with Gasteiger partial charge in [-0.1, -0.05) is 6.07 Å². The van der Waals surface area contributed by atoms with Crippen molar-refractivity contribution in [1.82, 2.24) is 10.3 Å². The van der Waals surface area contributed by atoms with Gasteiger partial charge in [-0.05, 0) is 42.8 Å². The highest BCUT2D eigenvalue weighted by Crippen LogP contribution is 2.21. The van der Waals surface area contributed by atoms with Gasteiger partial charge in [0.2, 0.25) is 15.9 Å². The lowest BCUT2D eigenvalue weighted by Gasteiger charge is -2.22. The number of nitrogens with zero attached hydrogens (tertiary/aromatic N) is 2. The quantitative estimate of drug-likeness (QED) is 0.722. The van der Waals surface area contributed by atoms with Crippen molar-refractivity contribution in [1.29, 1.82) is 0 Å². The first-order valence-corrected chi connectivity index (χ1v) is 10.0. The number of nitrogens with one attached hydrogen (secondary N) is 1. The molecule has 1 heterocycles. The van der Waals surface area contributed by atoms with E-state index in [1.165, 1.54) is 4.31 Å². The summed E-state index contributed by atoms with van der Waals surface area (Å²) in [6.45, 7) is 0.579. The third kappa shape index (κ3) is 6.03. The van der Waals surface area contributed by atoms with Gasteiger partial charge in [0.15, 0.2) is 0 Å². The Bertz CT molecular complexity index is 808.